The first-order valence-electron chi connectivity index (χ1n) is 10.9. The van der Waals surface area contributed by atoms with Gasteiger partial charge in [-0.3, -0.25) is 4.18 Å². The molecule has 1 aliphatic carbocycles. The standard InChI is InChI=1S/C22H24N6O5S2/c1-12-19(26-22(34-12)13-5-3-2-4-6-13)15-10-18-24-8-7-17(28(18)27-15)25-16-9-14(20(29)21(16)30)11-33-35(23,31)32/h2-8,10,14,16,20-21,25,29-30H,9,11H2,1H3,(H2,23,31,32). The molecule has 0 radical (unpaired) electrons. The lowest BCUT2D eigenvalue weighted by molar-refractivity contribution is 0.00777. The van der Waals surface area contributed by atoms with Gasteiger partial charge in [0, 0.05) is 28.6 Å². The molecular formula is C22H24N6O5S2. The molecule has 1 fully saturated rings. The molecule has 0 aliphatic heterocycles. The summed E-state index contributed by atoms with van der Waals surface area (Å²) < 4.78 is 28.4. The van der Waals surface area contributed by atoms with E-state index in [-0.39, 0.29) is 13.0 Å². The molecule has 0 amide bonds. The molecule has 0 saturated heterocycles. The van der Waals surface area contributed by atoms with Gasteiger partial charge in [-0.25, -0.2) is 15.1 Å². The summed E-state index contributed by atoms with van der Waals surface area (Å²) in [4.78, 5) is 10.2. The van der Waals surface area contributed by atoms with Crippen LogP contribution in [0, 0.1) is 12.8 Å². The predicted octanol–water partition coefficient (Wildman–Crippen LogP) is 1.57. The van der Waals surface area contributed by atoms with Gasteiger partial charge < -0.3 is 15.5 Å². The Morgan fingerprint density at radius 1 is 1.23 bits per heavy atom. The Hall–Kier alpha value is -2.94. The number of anilines is 1. The van der Waals surface area contributed by atoms with E-state index >= 15 is 0 Å². The van der Waals surface area contributed by atoms with E-state index in [0.29, 0.717) is 17.2 Å². The van der Waals surface area contributed by atoms with E-state index in [1.165, 1.54) is 0 Å². The first-order valence-corrected chi connectivity index (χ1v) is 13.2. The van der Waals surface area contributed by atoms with Gasteiger partial charge in [0.1, 0.15) is 28.3 Å². The highest BCUT2D eigenvalue weighted by molar-refractivity contribution is 7.84. The SMILES string of the molecule is Cc1sc(-c2ccccc2)nc1-c1cc2nccc(NC3CC(COS(N)(=O)=O)C(O)C3O)n2n1. The number of aromatic nitrogens is 4. The largest absolute Gasteiger partial charge is 0.390 e. The van der Waals surface area contributed by atoms with Gasteiger partial charge in [-0.2, -0.15) is 18.0 Å². The van der Waals surface area contributed by atoms with Crippen LogP contribution in [0.25, 0.3) is 27.6 Å². The van der Waals surface area contributed by atoms with Crippen LogP contribution in [0.5, 0.6) is 0 Å². The average molecular weight is 517 g/mol. The van der Waals surface area contributed by atoms with Crippen LogP contribution in [0.2, 0.25) is 0 Å². The van der Waals surface area contributed by atoms with Gasteiger partial charge in [-0.15, -0.1) is 11.3 Å². The summed E-state index contributed by atoms with van der Waals surface area (Å²) in [5.74, 6) is -0.0536. The Bertz CT molecular complexity index is 1460. The lowest BCUT2D eigenvalue weighted by atomic mass is 10.1. The van der Waals surface area contributed by atoms with Crippen molar-refractivity contribution >= 4 is 33.1 Å². The van der Waals surface area contributed by atoms with Crippen molar-refractivity contribution in [3.8, 4) is 22.0 Å². The maximum Gasteiger partial charge on any atom is 0.333 e. The van der Waals surface area contributed by atoms with Crippen molar-refractivity contribution in [3.05, 3.63) is 53.5 Å². The van der Waals surface area contributed by atoms with Gasteiger partial charge >= 0.3 is 10.3 Å². The quantitative estimate of drug-likeness (QED) is 0.285. The number of nitrogens with two attached hydrogens (primary N) is 1. The van der Waals surface area contributed by atoms with Gasteiger partial charge in [0.25, 0.3) is 0 Å². The Labute approximate surface area is 205 Å². The molecule has 5 rings (SSSR count). The Morgan fingerprint density at radius 2 is 2.00 bits per heavy atom. The van der Waals surface area contributed by atoms with Crippen LogP contribution >= 0.6 is 11.3 Å². The third-order valence-corrected chi connectivity index (χ3v) is 7.48. The molecule has 35 heavy (non-hydrogen) atoms. The number of nitrogens with one attached hydrogen (secondary N) is 1. The molecule has 1 aromatic carbocycles. The lowest BCUT2D eigenvalue weighted by Gasteiger charge is -2.19. The fourth-order valence-corrected chi connectivity index (χ4v) is 5.56. The highest BCUT2D eigenvalue weighted by Gasteiger charge is 2.42. The number of rotatable bonds is 7. The summed E-state index contributed by atoms with van der Waals surface area (Å²) in [6.45, 7) is 1.68. The number of thiazole rings is 1. The van der Waals surface area contributed by atoms with Crippen molar-refractivity contribution in [1.29, 1.82) is 0 Å². The molecule has 184 valence electrons. The summed E-state index contributed by atoms with van der Waals surface area (Å²) in [7, 11) is -4.14. The molecule has 4 aromatic rings. The molecule has 0 bridgehead atoms. The Balaban J connectivity index is 1.40. The van der Waals surface area contributed by atoms with Gasteiger partial charge in [0.2, 0.25) is 0 Å². The van der Waals surface area contributed by atoms with Crippen molar-refractivity contribution in [1.82, 2.24) is 19.6 Å². The van der Waals surface area contributed by atoms with Crippen LogP contribution in [0.4, 0.5) is 5.82 Å². The second-order valence-corrected chi connectivity index (χ2v) is 10.8. The fourth-order valence-electron chi connectivity index (χ4n) is 4.26. The van der Waals surface area contributed by atoms with Crippen LogP contribution in [0.15, 0.2) is 48.7 Å². The summed E-state index contributed by atoms with van der Waals surface area (Å²) >= 11 is 1.59. The summed E-state index contributed by atoms with van der Waals surface area (Å²) in [6, 6.07) is 12.9. The molecule has 4 atom stereocenters. The molecule has 5 N–H and O–H groups in total. The first kappa shape index (κ1) is 23.8. The lowest BCUT2D eigenvalue weighted by Crippen LogP contribution is -2.36. The van der Waals surface area contributed by atoms with Gasteiger partial charge in [-0.1, -0.05) is 30.3 Å². The predicted molar refractivity (Wildman–Crippen MR) is 131 cm³/mol. The second-order valence-electron chi connectivity index (χ2n) is 8.42. The van der Waals surface area contributed by atoms with Crippen molar-refractivity contribution in [2.45, 2.75) is 31.6 Å². The normalized spacial score (nSPS) is 22.6. The zero-order valence-electron chi connectivity index (χ0n) is 18.6. The fraction of sp³-hybridized carbons (Fsp3) is 0.318. The maximum atomic E-state index is 11.1. The average Bonchev–Trinajstić information content (AvgIpc) is 3.50. The van der Waals surface area contributed by atoms with Crippen LogP contribution < -0.4 is 10.5 Å². The minimum Gasteiger partial charge on any atom is -0.390 e. The smallest absolute Gasteiger partial charge is 0.333 e. The molecule has 3 aromatic heterocycles. The van der Waals surface area contributed by atoms with E-state index in [4.69, 9.17) is 15.2 Å². The number of aliphatic hydroxyl groups is 2. The number of aliphatic hydroxyl groups excluding tert-OH is 2. The van der Waals surface area contributed by atoms with Gasteiger partial charge in [0.15, 0.2) is 5.65 Å². The number of hydrogen-bond donors (Lipinski definition) is 4. The van der Waals surface area contributed by atoms with E-state index in [2.05, 4.69) is 14.5 Å². The molecule has 1 saturated carbocycles. The van der Waals surface area contributed by atoms with Crippen molar-refractivity contribution in [2.24, 2.45) is 11.1 Å². The van der Waals surface area contributed by atoms with E-state index in [0.717, 1.165) is 21.1 Å². The molecular weight excluding hydrogens is 492 g/mol. The molecule has 11 nitrogen and oxygen atoms in total. The van der Waals surface area contributed by atoms with Crippen molar-refractivity contribution < 1.29 is 22.8 Å². The zero-order chi connectivity index (χ0) is 24.7. The van der Waals surface area contributed by atoms with Crippen LogP contribution in [-0.2, 0) is 14.5 Å². The monoisotopic (exact) mass is 516 g/mol. The minimum atomic E-state index is -4.14. The molecule has 1 aliphatic rings. The molecule has 0 spiro atoms. The summed E-state index contributed by atoms with van der Waals surface area (Å²) in [6.07, 6.45) is -0.432. The zero-order valence-corrected chi connectivity index (χ0v) is 20.3. The number of benzene rings is 1. The first-order chi connectivity index (χ1) is 16.7. The highest BCUT2D eigenvalue weighted by Crippen LogP contribution is 2.34. The van der Waals surface area contributed by atoms with Crippen LogP contribution in [0.1, 0.15) is 11.3 Å². The number of aryl methyl sites for hydroxylation is 1. The van der Waals surface area contributed by atoms with E-state index in [1.807, 2.05) is 43.3 Å². The number of fused-ring (bicyclic) bond motifs is 1. The molecule has 4 unspecified atom stereocenters. The van der Waals surface area contributed by atoms with Crippen molar-refractivity contribution in [2.75, 3.05) is 11.9 Å². The highest BCUT2D eigenvalue weighted by atomic mass is 32.2. The third-order valence-electron chi connectivity index (χ3n) is 6.00. The number of hydrogen-bond acceptors (Lipinski definition) is 10. The van der Waals surface area contributed by atoms with Gasteiger partial charge in [0.05, 0.1) is 18.8 Å². The van der Waals surface area contributed by atoms with E-state index in [9.17, 15) is 18.6 Å². The number of nitrogens with zero attached hydrogens (tertiary/aromatic N) is 4. The van der Waals surface area contributed by atoms with Crippen molar-refractivity contribution in [3.63, 3.8) is 0 Å². The minimum absolute atomic E-state index is 0.265. The van der Waals surface area contributed by atoms with E-state index < -0.39 is 34.5 Å². The summed E-state index contributed by atoms with van der Waals surface area (Å²) in [5, 5.41) is 34.5. The van der Waals surface area contributed by atoms with Crippen LogP contribution in [0.3, 0.4) is 0 Å². The van der Waals surface area contributed by atoms with Crippen LogP contribution in [-0.4, -0.2) is 63.1 Å². The second kappa shape index (κ2) is 9.26. The third kappa shape index (κ3) is 4.91. The topological polar surface area (TPSA) is 165 Å². The molecule has 13 heteroatoms. The van der Waals surface area contributed by atoms with Gasteiger partial charge in [-0.05, 0) is 19.4 Å². The maximum absolute atomic E-state index is 11.1. The summed E-state index contributed by atoms with van der Waals surface area (Å²) in [5.41, 5.74) is 3.04. The van der Waals surface area contributed by atoms with E-state index in [1.54, 1.807) is 28.1 Å². The molecule has 3 heterocycles. The Morgan fingerprint density at radius 3 is 2.74 bits per heavy atom. The Kier molecular flexibility index (Phi) is 6.29.